The van der Waals surface area contributed by atoms with Gasteiger partial charge in [0.2, 0.25) is 12.0 Å². The molecule has 5 unspecified atom stereocenters. The average Bonchev–Trinajstić information content (AvgIpc) is 2.75. The number of aliphatic hydroxyl groups is 4. The van der Waals surface area contributed by atoms with Crippen LogP contribution in [0.25, 0.3) is 22.3 Å². The minimum Gasteiger partial charge on any atom is -0.508 e. The van der Waals surface area contributed by atoms with Gasteiger partial charge in [0.1, 0.15) is 30.2 Å². The van der Waals surface area contributed by atoms with E-state index < -0.39 is 43.1 Å². The van der Waals surface area contributed by atoms with Crippen molar-refractivity contribution in [2.24, 2.45) is 0 Å². The average molecular weight is 433 g/mol. The SMILES string of the molecule is OCC1OC(Oc2cc3ccc(O)cc3[o+]c2-c2ccc(O)c(O)c2)C(O)C(O)C1O. The van der Waals surface area contributed by atoms with Gasteiger partial charge in [0.05, 0.1) is 23.6 Å². The lowest BCUT2D eigenvalue weighted by Gasteiger charge is -2.39. The van der Waals surface area contributed by atoms with Crippen molar-refractivity contribution in [3.63, 3.8) is 0 Å². The molecule has 5 atom stereocenters. The molecule has 0 radical (unpaired) electrons. The predicted molar refractivity (Wildman–Crippen MR) is 105 cm³/mol. The summed E-state index contributed by atoms with van der Waals surface area (Å²) in [4.78, 5) is 0. The Hall–Kier alpha value is -3.15. The number of hydrogen-bond donors (Lipinski definition) is 7. The van der Waals surface area contributed by atoms with Gasteiger partial charge in [-0.3, -0.25) is 0 Å². The van der Waals surface area contributed by atoms with E-state index >= 15 is 0 Å². The number of hydrogen-bond acceptors (Lipinski definition) is 9. The second kappa shape index (κ2) is 8.17. The summed E-state index contributed by atoms with van der Waals surface area (Å²) in [7, 11) is 0. The van der Waals surface area contributed by atoms with Gasteiger partial charge >= 0.3 is 11.3 Å². The summed E-state index contributed by atoms with van der Waals surface area (Å²) >= 11 is 0. The Balaban J connectivity index is 1.80. The molecule has 1 aliphatic heterocycles. The summed E-state index contributed by atoms with van der Waals surface area (Å²) in [5.74, 6) is -0.711. The zero-order valence-electron chi connectivity index (χ0n) is 16.0. The topological polar surface area (TPSA) is 171 Å². The van der Waals surface area contributed by atoms with Crippen molar-refractivity contribution in [2.75, 3.05) is 6.61 Å². The molecule has 3 aromatic rings. The van der Waals surface area contributed by atoms with Crippen molar-refractivity contribution in [1.29, 1.82) is 0 Å². The van der Waals surface area contributed by atoms with Crippen LogP contribution in [0, 0.1) is 0 Å². The maximum Gasteiger partial charge on any atom is 0.402 e. The number of phenolic OH excluding ortho intramolecular Hbond substituents is 3. The molecule has 0 aliphatic carbocycles. The van der Waals surface area contributed by atoms with Crippen LogP contribution >= 0.6 is 0 Å². The third-order valence-electron chi connectivity index (χ3n) is 5.05. The van der Waals surface area contributed by atoms with E-state index in [-0.39, 0.29) is 28.6 Å². The number of ether oxygens (including phenoxy) is 2. The molecule has 4 rings (SSSR count). The van der Waals surface area contributed by atoms with Crippen LogP contribution in [0.2, 0.25) is 0 Å². The summed E-state index contributed by atoms with van der Waals surface area (Å²) < 4.78 is 17.0. The van der Waals surface area contributed by atoms with Crippen LogP contribution in [0.15, 0.2) is 46.9 Å². The zero-order chi connectivity index (χ0) is 22.3. The molecular formula is C21H21O10+. The molecule has 0 spiro atoms. The third-order valence-corrected chi connectivity index (χ3v) is 5.05. The Morgan fingerprint density at radius 2 is 1.65 bits per heavy atom. The van der Waals surface area contributed by atoms with E-state index in [0.717, 1.165) is 0 Å². The highest BCUT2D eigenvalue weighted by Crippen LogP contribution is 2.39. The van der Waals surface area contributed by atoms with Gasteiger partial charge in [-0.25, -0.2) is 4.42 Å². The quantitative estimate of drug-likeness (QED) is 0.229. The van der Waals surface area contributed by atoms with Gasteiger partial charge in [0.25, 0.3) is 0 Å². The van der Waals surface area contributed by atoms with Gasteiger partial charge in [0.15, 0.2) is 11.5 Å². The molecule has 1 fully saturated rings. The number of phenols is 3. The molecule has 7 N–H and O–H groups in total. The predicted octanol–water partition coefficient (Wildman–Crippen LogP) is 0.676. The first-order valence-corrected chi connectivity index (χ1v) is 9.38. The van der Waals surface area contributed by atoms with E-state index in [1.807, 2.05) is 0 Å². The molecule has 0 saturated carbocycles. The fourth-order valence-electron chi connectivity index (χ4n) is 3.34. The second-order valence-electron chi connectivity index (χ2n) is 7.18. The van der Waals surface area contributed by atoms with Crippen LogP contribution in [0.4, 0.5) is 0 Å². The van der Waals surface area contributed by atoms with Crippen LogP contribution in [0.3, 0.4) is 0 Å². The standard InChI is InChI=1S/C21H20O10/c22-8-16-17(26)18(27)19(28)21(31-16)30-15-6-9-1-3-11(23)7-14(9)29-20(15)10-2-4-12(24)13(25)5-10/h1-7,16-19,21-22,26-28H,8H2,(H2-,23,24,25)/p+1. The fraction of sp³-hybridized carbons (Fsp3) is 0.286. The van der Waals surface area contributed by atoms with Gasteiger partial charge in [0, 0.05) is 12.1 Å². The van der Waals surface area contributed by atoms with Crippen molar-refractivity contribution < 1.29 is 49.6 Å². The summed E-state index contributed by atoms with van der Waals surface area (Å²) in [6, 6.07) is 9.81. The number of fused-ring (bicyclic) bond motifs is 1. The smallest absolute Gasteiger partial charge is 0.402 e. The summed E-state index contributed by atoms with van der Waals surface area (Å²) in [5.41, 5.74) is 0.573. The largest absolute Gasteiger partial charge is 0.508 e. The Morgan fingerprint density at radius 3 is 2.35 bits per heavy atom. The first-order chi connectivity index (χ1) is 14.8. The number of aromatic hydroxyl groups is 3. The first kappa shape index (κ1) is 21.1. The van der Waals surface area contributed by atoms with Crippen LogP contribution < -0.4 is 4.74 Å². The Bertz CT molecular complexity index is 1100. The molecule has 10 heteroatoms. The van der Waals surface area contributed by atoms with Crippen molar-refractivity contribution in [3.8, 4) is 34.3 Å². The molecule has 31 heavy (non-hydrogen) atoms. The van der Waals surface area contributed by atoms with Crippen LogP contribution in [-0.2, 0) is 4.74 Å². The molecular weight excluding hydrogens is 412 g/mol. The van der Waals surface area contributed by atoms with Crippen molar-refractivity contribution >= 4 is 11.0 Å². The monoisotopic (exact) mass is 433 g/mol. The van der Waals surface area contributed by atoms with Crippen molar-refractivity contribution in [2.45, 2.75) is 30.7 Å². The highest BCUT2D eigenvalue weighted by Gasteiger charge is 2.45. The van der Waals surface area contributed by atoms with E-state index in [4.69, 9.17) is 13.9 Å². The molecule has 10 nitrogen and oxygen atoms in total. The highest BCUT2D eigenvalue weighted by atomic mass is 16.7. The Kier molecular flexibility index (Phi) is 5.56. The van der Waals surface area contributed by atoms with Crippen molar-refractivity contribution in [1.82, 2.24) is 0 Å². The molecule has 0 amide bonds. The van der Waals surface area contributed by atoms with Crippen molar-refractivity contribution in [3.05, 3.63) is 42.5 Å². The maximum absolute atomic E-state index is 10.3. The lowest BCUT2D eigenvalue weighted by Crippen LogP contribution is -2.60. The molecule has 0 bridgehead atoms. The Morgan fingerprint density at radius 1 is 0.871 bits per heavy atom. The van der Waals surface area contributed by atoms with Crippen LogP contribution in [0.5, 0.6) is 23.0 Å². The summed E-state index contributed by atoms with van der Waals surface area (Å²) in [6.07, 6.45) is -7.46. The lowest BCUT2D eigenvalue weighted by atomic mass is 9.99. The maximum atomic E-state index is 10.3. The van der Waals surface area contributed by atoms with Gasteiger partial charge < -0.3 is 45.2 Å². The number of rotatable bonds is 4. The van der Waals surface area contributed by atoms with E-state index in [0.29, 0.717) is 10.9 Å². The van der Waals surface area contributed by atoms with E-state index in [1.54, 1.807) is 6.07 Å². The molecule has 1 saturated heterocycles. The van der Waals surface area contributed by atoms with E-state index in [9.17, 15) is 35.7 Å². The zero-order valence-corrected chi connectivity index (χ0v) is 16.0. The minimum atomic E-state index is -1.64. The van der Waals surface area contributed by atoms with E-state index in [1.165, 1.54) is 36.4 Å². The summed E-state index contributed by atoms with van der Waals surface area (Å²) in [5, 5.41) is 69.4. The molecule has 1 aromatic heterocycles. The fourth-order valence-corrected chi connectivity index (χ4v) is 3.34. The summed E-state index contributed by atoms with van der Waals surface area (Å²) in [6.45, 7) is -0.620. The van der Waals surface area contributed by atoms with Gasteiger partial charge in [-0.05, 0) is 24.3 Å². The number of aliphatic hydroxyl groups excluding tert-OH is 4. The van der Waals surface area contributed by atoms with Gasteiger partial charge in [-0.15, -0.1) is 0 Å². The van der Waals surface area contributed by atoms with Crippen LogP contribution in [0.1, 0.15) is 0 Å². The Labute approximate surface area is 175 Å². The number of benzene rings is 2. The van der Waals surface area contributed by atoms with E-state index in [2.05, 4.69) is 0 Å². The molecule has 2 heterocycles. The minimum absolute atomic E-state index is 0.0348. The van der Waals surface area contributed by atoms with Gasteiger partial charge in [-0.2, -0.15) is 0 Å². The lowest BCUT2D eigenvalue weighted by molar-refractivity contribution is -0.277. The highest BCUT2D eigenvalue weighted by molar-refractivity contribution is 5.83. The molecule has 1 aliphatic rings. The molecule has 164 valence electrons. The first-order valence-electron chi connectivity index (χ1n) is 9.38. The normalized spacial score (nSPS) is 26.1. The third kappa shape index (κ3) is 3.94. The van der Waals surface area contributed by atoms with Crippen LogP contribution in [-0.4, -0.2) is 73.1 Å². The van der Waals surface area contributed by atoms with Gasteiger partial charge in [-0.1, -0.05) is 0 Å². The second-order valence-corrected chi connectivity index (χ2v) is 7.18. The molecule has 2 aromatic carbocycles.